The maximum absolute atomic E-state index is 12.2. The van der Waals surface area contributed by atoms with Crippen molar-refractivity contribution >= 4 is 17.3 Å². The number of rotatable bonds is 2. The number of hydrogen-bond donors (Lipinski definition) is 0. The summed E-state index contributed by atoms with van der Waals surface area (Å²) in [5.41, 5.74) is 0.780. The van der Waals surface area contributed by atoms with Gasteiger partial charge in [0.1, 0.15) is 4.88 Å². The molecule has 0 atom stereocenters. The first-order valence-corrected chi connectivity index (χ1v) is 4.39. The van der Waals surface area contributed by atoms with Crippen LogP contribution >= 0.6 is 11.3 Å². The molecule has 0 saturated carbocycles. The molecule has 0 saturated heterocycles. The number of carbonyl (C=O) groups excluding carboxylic acids is 1. The monoisotopic (exact) mass is 224 g/mol. The highest BCUT2D eigenvalue weighted by Gasteiger charge is 2.38. The highest BCUT2D eigenvalue weighted by Crippen LogP contribution is 2.32. The first-order valence-electron chi connectivity index (χ1n) is 3.58. The Morgan fingerprint density at radius 3 is 2.79 bits per heavy atom. The Morgan fingerprint density at radius 1 is 1.64 bits per heavy atom. The quantitative estimate of drug-likeness (QED) is 0.722. The van der Waals surface area contributed by atoms with Gasteiger partial charge in [-0.15, -0.1) is 11.3 Å². The molecule has 7 heteroatoms. The minimum Gasteiger partial charge on any atom is -0.462 e. The highest BCUT2D eigenvalue weighted by molar-refractivity contribution is 7.11. The second kappa shape index (κ2) is 3.95. The Morgan fingerprint density at radius 2 is 2.29 bits per heavy atom. The summed E-state index contributed by atoms with van der Waals surface area (Å²) in [5.74, 6) is -1.02. The zero-order chi connectivity index (χ0) is 10.8. The van der Waals surface area contributed by atoms with E-state index >= 15 is 0 Å². The van der Waals surface area contributed by atoms with Crippen LogP contribution in [-0.2, 0) is 10.9 Å². The van der Waals surface area contributed by atoms with Gasteiger partial charge >= 0.3 is 12.1 Å². The summed E-state index contributed by atoms with van der Waals surface area (Å²) >= 11 is 0.494. The average molecular weight is 224 g/mol. The molecule has 1 aromatic heterocycles. The smallest absolute Gasteiger partial charge is 0.435 e. The van der Waals surface area contributed by atoms with Crippen molar-refractivity contribution in [2.75, 3.05) is 6.61 Å². The van der Waals surface area contributed by atoms with E-state index in [1.165, 1.54) is 6.92 Å². The SMILES string of the molecule is CCOC(=O)c1s[c]nc1C(F)(F)F. The summed E-state index contributed by atoms with van der Waals surface area (Å²) in [6.07, 6.45) is -4.64. The summed E-state index contributed by atoms with van der Waals surface area (Å²) < 4.78 is 41.0. The number of halogens is 3. The second-order valence-electron chi connectivity index (χ2n) is 2.20. The zero-order valence-electron chi connectivity index (χ0n) is 7.01. The first kappa shape index (κ1) is 11.0. The van der Waals surface area contributed by atoms with Gasteiger partial charge in [-0.2, -0.15) is 13.2 Å². The molecule has 14 heavy (non-hydrogen) atoms. The number of esters is 1. The zero-order valence-corrected chi connectivity index (χ0v) is 7.83. The van der Waals surface area contributed by atoms with Crippen LogP contribution in [0.5, 0.6) is 0 Å². The van der Waals surface area contributed by atoms with Crippen molar-refractivity contribution in [2.24, 2.45) is 0 Å². The van der Waals surface area contributed by atoms with E-state index in [4.69, 9.17) is 0 Å². The lowest BCUT2D eigenvalue weighted by Crippen LogP contribution is -2.13. The number of alkyl halides is 3. The Hall–Kier alpha value is -1.11. The van der Waals surface area contributed by atoms with E-state index in [-0.39, 0.29) is 6.61 Å². The number of nitrogens with zero attached hydrogens (tertiary/aromatic N) is 1. The molecule has 0 aromatic carbocycles. The predicted octanol–water partition coefficient (Wildman–Crippen LogP) is 2.14. The van der Waals surface area contributed by atoms with Crippen LogP contribution in [0.15, 0.2) is 0 Å². The molecule has 0 unspecified atom stereocenters. The molecule has 0 spiro atoms. The van der Waals surface area contributed by atoms with Gasteiger partial charge < -0.3 is 4.74 Å². The molecule has 1 rings (SSSR count). The van der Waals surface area contributed by atoms with Gasteiger partial charge in [-0.3, -0.25) is 0 Å². The standard InChI is InChI=1S/C7H5F3NO2S/c1-2-13-6(12)4-5(7(8,9)10)11-3-14-4/h2H2,1H3. The number of aromatic nitrogens is 1. The summed E-state index contributed by atoms with van der Waals surface area (Å²) in [7, 11) is 0. The molecule has 0 aliphatic carbocycles. The molecule has 0 aliphatic heterocycles. The van der Waals surface area contributed by atoms with Crippen LogP contribution in [-0.4, -0.2) is 17.6 Å². The molecule has 0 fully saturated rings. The second-order valence-corrected chi connectivity index (χ2v) is 3.00. The van der Waals surface area contributed by atoms with E-state index in [9.17, 15) is 18.0 Å². The lowest BCUT2D eigenvalue weighted by atomic mass is 10.3. The molecule has 1 heterocycles. The predicted molar refractivity (Wildman–Crippen MR) is 41.9 cm³/mol. The Bertz CT molecular complexity index is 334. The van der Waals surface area contributed by atoms with Crippen molar-refractivity contribution in [1.82, 2.24) is 4.98 Å². The van der Waals surface area contributed by atoms with Gasteiger partial charge in [0.05, 0.1) is 6.61 Å². The molecule has 0 amide bonds. The van der Waals surface area contributed by atoms with Crippen LogP contribution in [0.2, 0.25) is 0 Å². The third kappa shape index (κ3) is 2.22. The van der Waals surface area contributed by atoms with E-state index in [2.05, 4.69) is 9.72 Å². The number of ether oxygens (including phenoxy) is 1. The van der Waals surface area contributed by atoms with E-state index in [0.717, 1.165) is 0 Å². The van der Waals surface area contributed by atoms with Crippen molar-refractivity contribution in [2.45, 2.75) is 13.1 Å². The van der Waals surface area contributed by atoms with Gasteiger partial charge in [-0.1, -0.05) is 0 Å². The topological polar surface area (TPSA) is 39.2 Å². The summed E-state index contributed by atoms with van der Waals surface area (Å²) in [5, 5.41) is 0. The summed E-state index contributed by atoms with van der Waals surface area (Å²) in [6.45, 7) is 1.53. The molecular formula is C7H5F3NO2S. The van der Waals surface area contributed by atoms with E-state index in [0.29, 0.717) is 11.3 Å². The fourth-order valence-corrected chi connectivity index (χ4v) is 1.37. The van der Waals surface area contributed by atoms with Gasteiger partial charge in [0.2, 0.25) is 0 Å². The van der Waals surface area contributed by atoms with Gasteiger partial charge in [0, 0.05) is 0 Å². The minimum absolute atomic E-state index is 0.0219. The molecule has 3 nitrogen and oxygen atoms in total. The minimum atomic E-state index is -4.64. The average Bonchev–Trinajstić information content (AvgIpc) is 2.50. The van der Waals surface area contributed by atoms with Crippen molar-refractivity contribution in [3.63, 3.8) is 0 Å². The van der Waals surface area contributed by atoms with Gasteiger partial charge in [0.15, 0.2) is 11.2 Å². The van der Waals surface area contributed by atoms with Gasteiger partial charge in [-0.25, -0.2) is 9.78 Å². The highest BCUT2D eigenvalue weighted by atomic mass is 32.1. The van der Waals surface area contributed by atoms with E-state index in [1.807, 2.05) is 5.51 Å². The molecule has 0 bridgehead atoms. The first-order chi connectivity index (χ1) is 6.46. The third-order valence-corrected chi connectivity index (χ3v) is 2.00. The molecular weight excluding hydrogens is 219 g/mol. The van der Waals surface area contributed by atoms with Crippen LogP contribution < -0.4 is 0 Å². The largest absolute Gasteiger partial charge is 0.462 e. The number of thiazole rings is 1. The van der Waals surface area contributed by atoms with Crippen molar-refractivity contribution in [3.8, 4) is 0 Å². The van der Waals surface area contributed by atoms with Crippen LogP contribution in [0.1, 0.15) is 22.3 Å². The lowest BCUT2D eigenvalue weighted by Gasteiger charge is -2.04. The lowest BCUT2D eigenvalue weighted by molar-refractivity contribution is -0.141. The Balaban J connectivity index is 2.99. The fourth-order valence-electron chi connectivity index (χ4n) is 0.740. The van der Waals surface area contributed by atoms with Crippen LogP contribution in [0.25, 0.3) is 0 Å². The number of hydrogen-bond acceptors (Lipinski definition) is 4. The summed E-state index contributed by atoms with van der Waals surface area (Å²) in [6, 6.07) is 0. The summed E-state index contributed by atoms with van der Waals surface area (Å²) in [4.78, 5) is 13.4. The molecule has 1 aromatic rings. The Kier molecular flexibility index (Phi) is 3.10. The van der Waals surface area contributed by atoms with Crippen molar-refractivity contribution < 1.29 is 22.7 Å². The maximum atomic E-state index is 12.2. The van der Waals surface area contributed by atoms with Gasteiger partial charge in [-0.05, 0) is 6.92 Å². The van der Waals surface area contributed by atoms with Crippen LogP contribution in [0, 0.1) is 5.51 Å². The number of carbonyl (C=O) groups is 1. The normalized spacial score (nSPS) is 11.4. The fraction of sp³-hybridized carbons (Fsp3) is 0.429. The van der Waals surface area contributed by atoms with Crippen LogP contribution in [0.3, 0.4) is 0 Å². The van der Waals surface area contributed by atoms with E-state index in [1.54, 1.807) is 0 Å². The van der Waals surface area contributed by atoms with Crippen molar-refractivity contribution in [3.05, 3.63) is 16.1 Å². The molecule has 0 N–H and O–H groups in total. The van der Waals surface area contributed by atoms with Gasteiger partial charge in [0.25, 0.3) is 0 Å². The van der Waals surface area contributed by atoms with Crippen LogP contribution in [0.4, 0.5) is 13.2 Å². The molecule has 0 aliphatic rings. The molecule has 77 valence electrons. The van der Waals surface area contributed by atoms with E-state index < -0.39 is 22.7 Å². The molecule has 1 radical (unpaired) electrons. The maximum Gasteiger partial charge on any atom is 0.435 e. The van der Waals surface area contributed by atoms with Crippen molar-refractivity contribution in [1.29, 1.82) is 0 Å². The Labute approximate surface area is 81.5 Å². The third-order valence-electron chi connectivity index (χ3n) is 1.25.